The van der Waals surface area contributed by atoms with Crippen LogP contribution in [0.25, 0.3) is 10.9 Å². The van der Waals surface area contributed by atoms with Crippen LogP contribution in [-0.4, -0.2) is 24.3 Å². The molecular weight excluding hydrogens is 427 g/mol. The number of nitrogens with zero attached hydrogens (tertiary/aromatic N) is 1. The van der Waals surface area contributed by atoms with E-state index in [1.165, 1.54) is 40.6 Å². The van der Waals surface area contributed by atoms with Crippen LogP contribution in [0.2, 0.25) is 10.0 Å². The summed E-state index contributed by atoms with van der Waals surface area (Å²) in [7, 11) is 0. The number of benzene rings is 2. The summed E-state index contributed by atoms with van der Waals surface area (Å²) in [5.74, 6) is 1.04. The van der Waals surface area contributed by atoms with Gasteiger partial charge in [-0.2, -0.15) is 0 Å². The molecule has 5 heteroatoms. The van der Waals surface area contributed by atoms with Crippen molar-refractivity contribution in [2.75, 3.05) is 19.7 Å². The highest BCUT2D eigenvalue weighted by Crippen LogP contribution is 2.41. The van der Waals surface area contributed by atoms with Crippen LogP contribution in [0.5, 0.6) is 5.75 Å². The zero-order chi connectivity index (χ0) is 21.6. The van der Waals surface area contributed by atoms with Crippen LogP contribution in [0, 0.1) is 0 Å². The Morgan fingerprint density at radius 3 is 2.74 bits per heavy atom. The Hall–Kier alpha value is -1.68. The summed E-state index contributed by atoms with van der Waals surface area (Å²) < 4.78 is 8.75. The van der Waals surface area contributed by atoms with Gasteiger partial charge in [0.25, 0.3) is 0 Å². The minimum atomic E-state index is 0.220. The van der Waals surface area contributed by atoms with E-state index in [0.29, 0.717) is 16.7 Å². The van der Waals surface area contributed by atoms with E-state index in [4.69, 9.17) is 27.9 Å². The summed E-state index contributed by atoms with van der Waals surface area (Å²) in [5, 5.41) is 6.01. The van der Waals surface area contributed by atoms with Crippen LogP contribution in [0.3, 0.4) is 0 Å². The second-order valence-electron chi connectivity index (χ2n) is 9.45. The summed E-state index contributed by atoms with van der Waals surface area (Å²) in [5.41, 5.74) is 6.87. The summed E-state index contributed by atoms with van der Waals surface area (Å²) in [4.78, 5) is 0. The molecule has 3 aromatic rings. The van der Waals surface area contributed by atoms with Gasteiger partial charge in [0.2, 0.25) is 0 Å². The predicted octanol–water partition coefficient (Wildman–Crippen LogP) is 6.33. The molecule has 5 rings (SSSR count). The van der Waals surface area contributed by atoms with E-state index in [1.807, 2.05) is 6.07 Å². The molecule has 0 spiro atoms. The van der Waals surface area contributed by atoms with Gasteiger partial charge in [-0.1, -0.05) is 55.2 Å². The molecule has 2 aliphatic rings. The summed E-state index contributed by atoms with van der Waals surface area (Å²) in [6, 6.07) is 10.6. The Balaban J connectivity index is 1.46. The van der Waals surface area contributed by atoms with Crippen molar-refractivity contribution in [3.8, 4) is 5.75 Å². The first-order valence-corrected chi connectivity index (χ1v) is 12.2. The van der Waals surface area contributed by atoms with Gasteiger partial charge in [0.1, 0.15) is 12.4 Å². The maximum atomic E-state index is 6.70. The first-order chi connectivity index (χ1) is 15.0. The van der Waals surface area contributed by atoms with Gasteiger partial charge in [-0.15, -0.1) is 0 Å². The molecule has 2 heterocycles. The third kappa shape index (κ3) is 3.75. The average Bonchev–Trinajstić information content (AvgIpc) is 2.89. The molecule has 0 amide bonds. The van der Waals surface area contributed by atoms with Gasteiger partial charge < -0.3 is 14.6 Å². The number of rotatable bonds is 4. The fourth-order valence-corrected chi connectivity index (χ4v) is 5.96. The van der Waals surface area contributed by atoms with Crippen LogP contribution in [0.15, 0.2) is 30.3 Å². The summed E-state index contributed by atoms with van der Waals surface area (Å²) in [6.45, 7) is 8.04. The highest BCUT2D eigenvalue weighted by atomic mass is 35.5. The normalized spacial score (nSPS) is 17.8. The molecule has 1 N–H and O–H groups in total. The minimum Gasteiger partial charge on any atom is -0.491 e. The Bertz CT molecular complexity index is 1130. The molecule has 0 saturated heterocycles. The number of ether oxygens (including phenoxy) is 1. The van der Waals surface area contributed by atoms with Gasteiger partial charge in [-0.25, -0.2) is 0 Å². The SMILES string of the molecule is CC1(C)CCCc2c(OCCn3c4c(c5ccc(Cl)c(Cl)c53)CCNCC4)cccc21. The molecule has 3 nitrogen and oxygen atoms in total. The molecule has 1 aromatic heterocycles. The molecule has 31 heavy (non-hydrogen) atoms. The van der Waals surface area contributed by atoms with Crippen molar-refractivity contribution in [2.45, 2.75) is 57.9 Å². The maximum Gasteiger partial charge on any atom is 0.122 e. The smallest absolute Gasteiger partial charge is 0.122 e. The quantitative estimate of drug-likeness (QED) is 0.496. The van der Waals surface area contributed by atoms with E-state index in [9.17, 15) is 0 Å². The zero-order valence-corrected chi connectivity index (χ0v) is 19.9. The molecule has 164 valence electrons. The minimum absolute atomic E-state index is 0.220. The fourth-order valence-electron chi connectivity index (χ4n) is 5.54. The molecule has 1 aliphatic heterocycles. The van der Waals surface area contributed by atoms with Gasteiger partial charge in [0.15, 0.2) is 0 Å². The molecule has 2 aromatic carbocycles. The first-order valence-electron chi connectivity index (χ1n) is 11.4. The summed E-state index contributed by atoms with van der Waals surface area (Å²) >= 11 is 13.1. The maximum absolute atomic E-state index is 6.70. The third-order valence-electron chi connectivity index (χ3n) is 7.09. The molecule has 0 fully saturated rings. The highest BCUT2D eigenvalue weighted by Gasteiger charge is 2.29. The number of hydrogen-bond acceptors (Lipinski definition) is 2. The molecule has 0 radical (unpaired) electrons. The number of fused-ring (bicyclic) bond motifs is 4. The number of halogens is 2. The Morgan fingerprint density at radius 1 is 1.03 bits per heavy atom. The van der Waals surface area contributed by atoms with Crippen LogP contribution in [0.1, 0.15) is 49.1 Å². The van der Waals surface area contributed by atoms with Crippen molar-refractivity contribution < 1.29 is 4.74 Å². The average molecular weight is 457 g/mol. The molecule has 1 aliphatic carbocycles. The molecule has 0 bridgehead atoms. The lowest BCUT2D eigenvalue weighted by atomic mass is 9.72. The van der Waals surface area contributed by atoms with Crippen LogP contribution < -0.4 is 10.1 Å². The number of aromatic nitrogens is 1. The molecule has 0 atom stereocenters. The molecule has 0 saturated carbocycles. The Labute approximate surface area is 194 Å². The van der Waals surface area contributed by atoms with Crippen molar-refractivity contribution in [2.24, 2.45) is 0 Å². The van der Waals surface area contributed by atoms with Crippen LogP contribution in [-0.2, 0) is 31.2 Å². The van der Waals surface area contributed by atoms with Crippen molar-refractivity contribution in [1.82, 2.24) is 9.88 Å². The second-order valence-corrected chi connectivity index (χ2v) is 10.2. The van der Waals surface area contributed by atoms with Crippen molar-refractivity contribution >= 4 is 34.1 Å². The monoisotopic (exact) mass is 456 g/mol. The van der Waals surface area contributed by atoms with E-state index < -0.39 is 0 Å². The van der Waals surface area contributed by atoms with Crippen molar-refractivity contribution in [3.05, 3.63) is 62.8 Å². The Morgan fingerprint density at radius 2 is 1.87 bits per heavy atom. The number of nitrogens with one attached hydrogen (secondary N) is 1. The van der Waals surface area contributed by atoms with E-state index in [0.717, 1.165) is 50.2 Å². The topological polar surface area (TPSA) is 26.2 Å². The lowest BCUT2D eigenvalue weighted by Gasteiger charge is -2.33. The van der Waals surface area contributed by atoms with E-state index in [2.05, 4.69) is 48.0 Å². The van der Waals surface area contributed by atoms with Crippen LogP contribution in [0.4, 0.5) is 0 Å². The molecule has 0 unspecified atom stereocenters. The Kier molecular flexibility index (Phi) is 5.70. The molecular formula is C26H30Cl2N2O. The van der Waals surface area contributed by atoms with Crippen molar-refractivity contribution in [3.63, 3.8) is 0 Å². The third-order valence-corrected chi connectivity index (χ3v) is 7.89. The van der Waals surface area contributed by atoms with Gasteiger partial charge >= 0.3 is 0 Å². The van der Waals surface area contributed by atoms with E-state index in [1.54, 1.807) is 0 Å². The van der Waals surface area contributed by atoms with Crippen LogP contribution >= 0.6 is 23.2 Å². The van der Waals surface area contributed by atoms with Gasteiger partial charge in [-0.05, 0) is 66.5 Å². The predicted molar refractivity (Wildman–Crippen MR) is 130 cm³/mol. The van der Waals surface area contributed by atoms with E-state index >= 15 is 0 Å². The number of hydrogen-bond donors (Lipinski definition) is 1. The first kappa shape index (κ1) is 21.2. The zero-order valence-electron chi connectivity index (χ0n) is 18.4. The lowest BCUT2D eigenvalue weighted by Crippen LogP contribution is -2.24. The van der Waals surface area contributed by atoms with Gasteiger partial charge in [-0.3, -0.25) is 0 Å². The highest BCUT2D eigenvalue weighted by molar-refractivity contribution is 6.45. The lowest BCUT2D eigenvalue weighted by molar-refractivity contribution is 0.291. The van der Waals surface area contributed by atoms with Gasteiger partial charge in [0.05, 0.1) is 22.1 Å². The van der Waals surface area contributed by atoms with Gasteiger partial charge in [0, 0.05) is 24.0 Å². The van der Waals surface area contributed by atoms with E-state index in [-0.39, 0.29) is 5.41 Å². The largest absolute Gasteiger partial charge is 0.491 e. The standard InChI is InChI=1S/C26H30Cl2N2O/c1-26(2)12-4-5-19-20(26)6-3-7-23(19)31-16-15-30-22-11-14-29-13-10-17(22)18-8-9-21(27)24(28)25(18)30/h3,6-9,29H,4-5,10-16H2,1-2H3. The fraction of sp³-hybridized carbons (Fsp3) is 0.462. The van der Waals surface area contributed by atoms with Crippen molar-refractivity contribution in [1.29, 1.82) is 0 Å². The second kappa shape index (κ2) is 8.35. The summed E-state index contributed by atoms with van der Waals surface area (Å²) in [6.07, 6.45) is 5.56.